The van der Waals surface area contributed by atoms with E-state index in [4.69, 9.17) is 32.7 Å². The largest absolute Gasteiger partial charge is 0.445 e. The van der Waals surface area contributed by atoms with Crippen LogP contribution in [0.25, 0.3) is 5.57 Å². The molecule has 0 N–H and O–H groups in total. The Kier molecular flexibility index (Phi) is 5.39. The van der Waals surface area contributed by atoms with Crippen LogP contribution in [0.15, 0.2) is 54.6 Å². The lowest BCUT2D eigenvalue weighted by molar-refractivity contribution is -0.0342. The fraction of sp³-hybridized carbons (Fsp3) is 0.286. The van der Waals surface area contributed by atoms with Gasteiger partial charge < -0.3 is 9.47 Å². The molecule has 2 unspecified atom stereocenters. The number of hydrogen-bond acceptors (Lipinski definition) is 3. The van der Waals surface area contributed by atoms with Crippen molar-refractivity contribution < 1.29 is 14.3 Å². The monoisotopic (exact) mass is 403 g/mol. The zero-order valence-corrected chi connectivity index (χ0v) is 16.1. The van der Waals surface area contributed by atoms with Gasteiger partial charge in [0.1, 0.15) is 6.61 Å². The lowest BCUT2D eigenvalue weighted by atomic mass is 9.90. The predicted octanol–water partition coefficient (Wildman–Crippen LogP) is 5.19. The first kappa shape index (κ1) is 18.4. The maximum atomic E-state index is 12.7. The molecule has 2 aromatic carbocycles. The molecule has 4 nitrogen and oxygen atoms in total. The summed E-state index contributed by atoms with van der Waals surface area (Å²) >= 11 is 12.3. The van der Waals surface area contributed by atoms with Gasteiger partial charge in [-0.3, -0.25) is 4.90 Å². The summed E-state index contributed by atoms with van der Waals surface area (Å²) in [4.78, 5) is 14.5. The van der Waals surface area contributed by atoms with Gasteiger partial charge in [-0.1, -0.05) is 59.6 Å². The van der Waals surface area contributed by atoms with E-state index in [1.807, 2.05) is 42.5 Å². The van der Waals surface area contributed by atoms with E-state index in [1.54, 1.807) is 11.0 Å². The van der Waals surface area contributed by atoms with Gasteiger partial charge in [0.05, 0.1) is 25.3 Å². The molecular weight excluding hydrogens is 385 g/mol. The van der Waals surface area contributed by atoms with Crippen molar-refractivity contribution in [3.05, 3.63) is 75.8 Å². The molecular formula is C21H19Cl2NO3. The molecule has 0 saturated carbocycles. The first-order chi connectivity index (χ1) is 13.1. The molecule has 2 aromatic rings. The number of halogens is 2. The number of morpholine rings is 1. The van der Waals surface area contributed by atoms with Gasteiger partial charge in [0.2, 0.25) is 0 Å². The molecule has 27 heavy (non-hydrogen) atoms. The third-order valence-corrected chi connectivity index (χ3v) is 5.28. The van der Waals surface area contributed by atoms with Crippen molar-refractivity contribution in [2.75, 3.05) is 13.2 Å². The molecule has 4 rings (SSSR count). The Hall–Kier alpha value is -2.01. The Morgan fingerprint density at radius 3 is 2.56 bits per heavy atom. The average molecular weight is 404 g/mol. The highest BCUT2D eigenvalue weighted by atomic mass is 35.5. The molecule has 140 valence electrons. The van der Waals surface area contributed by atoms with Gasteiger partial charge in [0.15, 0.2) is 0 Å². The molecule has 2 aliphatic heterocycles. The normalized spacial score (nSPS) is 21.6. The van der Waals surface area contributed by atoms with Crippen molar-refractivity contribution in [2.45, 2.75) is 25.1 Å². The van der Waals surface area contributed by atoms with E-state index >= 15 is 0 Å². The number of carbonyl (C=O) groups excluding carboxylic acids is 1. The average Bonchev–Trinajstić information content (AvgIpc) is 2.65. The Morgan fingerprint density at radius 2 is 1.85 bits per heavy atom. The number of nitrogens with zero attached hydrogens (tertiary/aromatic N) is 1. The minimum atomic E-state index is -0.309. The summed E-state index contributed by atoms with van der Waals surface area (Å²) in [7, 11) is 0. The van der Waals surface area contributed by atoms with Crippen LogP contribution in [0.3, 0.4) is 0 Å². The third kappa shape index (κ3) is 4.13. The highest BCUT2D eigenvalue weighted by Gasteiger charge is 2.39. The van der Waals surface area contributed by atoms with Crippen molar-refractivity contribution in [3.63, 3.8) is 0 Å². The maximum Gasteiger partial charge on any atom is 0.411 e. The SMILES string of the molecule is O=C(OCc1ccccc1)N1C2C=C(c3cc(Cl)cc(Cl)c3)CC1COC2. The lowest BCUT2D eigenvalue weighted by Crippen LogP contribution is -2.56. The molecule has 2 atom stereocenters. The number of amides is 1. The second-order valence-electron chi connectivity index (χ2n) is 6.76. The van der Waals surface area contributed by atoms with Crippen LogP contribution in [-0.2, 0) is 16.1 Å². The van der Waals surface area contributed by atoms with E-state index < -0.39 is 0 Å². The summed E-state index contributed by atoms with van der Waals surface area (Å²) in [5.41, 5.74) is 3.08. The first-order valence-corrected chi connectivity index (χ1v) is 9.59. The van der Waals surface area contributed by atoms with Gasteiger partial charge in [-0.25, -0.2) is 4.79 Å². The van der Waals surface area contributed by atoms with E-state index in [9.17, 15) is 4.79 Å². The van der Waals surface area contributed by atoms with Crippen LogP contribution in [0, 0.1) is 0 Å². The number of benzene rings is 2. The molecule has 2 heterocycles. The van der Waals surface area contributed by atoms with Crippen LogP contribution in [0.4, 0.5) is 4.79 Å². The van der Waals surface area contributed by atoms with Crippen molar-refractivity contribution in [1.82, 2.24) is 4.90 Å². The van der Waals surface area contributed by atoms with E-state index in [2.05, 4.69) is 6.08 Å². The van der Waals surface area contributed by atoms with Crippen LogP contribution < -0.4 is 0 Å². The number of hydrogen-bond donors (Lipinski definition) is 0. The molecule has 6 heteroatoms. The quantitative estimate of drug-likeness (QED) is 0.707. The molecule has 0 aromatic heterocycles. The summed E-state index contributed by atoms with van der Waals surface area (Å²) in [5.74, 6) is 0. The number of carbonyl (C=O) groups is 1. The minimum Gasteiger partial charge on any atom is -0.445 e. The molecule has 0 aliphatic carbocycles. The van der Waals surface area contributed by atoms with Crippen LogP contribution in [-0.4, -0.2) is 36.3 Å². The number of rotatable bonds is 3. The van der Waals surface area contributed by atoms with E-state index in [-0.39, 0.29) is 24.8 Å². The Morgan fingerprint density at radius 1 is 1.11 bits per heavy atom. The standard InChI is InChI=1S/C21H19Cl2NO3/c22-17-6-15(7-18(23)10-17)16-8-19-12-26-13-20(9-16)24(19)21(25)27-11-14-4-2-1-3-5-14/h1-8,10,19-20H,9,11-13H2. The highest BCUT2D eigenvalue weighted by Crippen LogP contribution is 2.35. The van der Waals surface area contributed by atoms with Crippen molar-refractivity contribution in [3.8, 4) is 0 Å². The topological polar surface area (TPSA) is 38.8 Å². The predicted molar refractivity (Wildman–Crippen MR) is 106 cm³/mol. The molecule has 1 fully saturated rings. The fourth-order valence-corrected chi connectivity index (χ4v) is 4.15. The Balaban J connectivity index is 1.52. The fourth-order valence-electron chi connectivity index (χ4n) is 3.63. The Labute approximate surface area is 168 Å². The number of ether oxygens (including phenoxy) is 2. The highest BCUT2D eigenvalue weighted by molar-refractivity contribution is 6.34. The van der Waals surface area contributed by atoms with Crippen molar-refractivity contribution in [2.24, 2.45) is 0 Å². The first-order valence-electron chi connectivity index (χ1n) is 8.84. The molecule has 1 saturated heterocycles. The smallest absolute Gasteiger partial charge is 0.411 e. The van der Waals surface area contributed by atoms with E-state index in [1.165, 1.54) is 0 Å². The van der Waals surface area contributed by atoms with Gasteiger partial charge in [-0.2, -0.15) is 0 Å². The van der Waals surface area contributed by atoms with Gasteiger partial charge in [-0.15, -0.1) is 0 Å². The van der Waals surface area contributed by atoms with Crippen LogP contribution >= 0.6 is 23.2 Å². The summed E-state index contributed by atoms with van der Waals surface area (Å²) in [5, 5.41) is 1.20. The Bertz CT molecular complexity index is 849. The second kappa shape index (κ2) is 7.93. The molecule has 2 bridgehead atoms. The zero-order chi connectivity index (χ0) is 18.8. The van der Waals surface area contributed by atoms with Gasteiger partial charge in [0, 0.05) is 10.0 Å². The summed E-state index contributed by atoms with van der Waals surface area (Å²) in [6.07, 6.45) is 2.42. The summed E-state index contributed by atoms with van der Waals surface area (Å²) in [6, 6.07) is 15.0. The summed E-state index contributed by atoms with van der Waals surface area (Å²) < 4.78 is 11.2. The zero-order valence-electron chi connectivity index (χ0n) is 14.6. The van der Waals surface area contributed by atoms with E-state index in [0.29, 0.717) is 29.7 Å². The number of fused-ring (bicyclic) bond motifs is 2. The molecule has 0 spiro atoms. The van der Waals surface area contributed by atoms with Crippen LogP contribution in [0.1, 0.15) is 17.5 Å². The molecule has 1 amide bonds. The second-order valence-corrected chi connectivity index (χ2v) is 7.63. The van der Waals surface area contributed by atoms with Crippen LogP contribution in [0.5, 0.6) is 0 Å². The molecule has 0 radical (unpaired) electrons. The van der Waals surface area contributed by atoms with Gasteiger partial charge in [0.25, 0.3) is 0 Å². The third-order valence-electron chi connectivity index (χ3n) is 4.85. The van der Waals surface area contributed by atoms with Gasteiger partial charge in [-0.05, 0) is 41.3 Å². The lowest BCUT2D eigenvalue weighted by Gasteiger charge is -2.43. The van der Waals surface area contributed by atoms with Crippen molar-refractivity contribution >= 4 is 34.9 Å². The van der Waals surface area contributed by atoms with Crippen LogP contribution in [0.2, 0.25) is 10.0 Å². The van der Waals surface area contributed by atoms with Crippen molar-refractivity contribution in [1.29, 1.82) is 0 Å². The minimum absolute atomic E-state index is 0.0650. The van der Waals surface area contributed by atoms with Gasteiger partial charge >= 0.3 is 6.09 Å². The summed E-state index contributed by atoms with van der Waals surface area (Å²) in [6.45, 7) is 1.20. The maximum absolute atomic E-state index is 12.7. The van der Waals surface area contributed by atoms with E-state index in [0.717, 1.165) is 16.7 Å². The molecule has 2 aliphatic rings.